The second kappa shape index (κ2) is 54.7. The Labute approximate surface area is 799 Å². The van der Waals surface area contributed by atoms with Crippen molar-refractivity contribution in [2.45, 2.75) is 238 Å². The van der Waals surface area contributed by atoms with Gasteiger partial charge in [-0.3, -0.25) is 72.2 Å². The Morgan fingerprint density at radius 2 is 0.576 bits per heavy atom. The fourth-order valence-electron chi connectivity index (χ4n) is 13.4. The predicted octanol–water partition coefficient (Wildman–Crippen LogP) is -1.31. The molecule has 139 heavy (non-hydrogen) atoms. The molecular formula is C93H126N6O40. The van der Waals surface area contributed by atoms with Gasteiger partial charge < -0.3 is 139 Å². The van der Waals surface area contributed by atoms with Crippen molar-refractivity contribution < 1.29 is 195 Å². The summed E-state index contributed by atoms with van der Waals surface area (Å²) in [6.07, 6.45) is -15.6. The van der Waals surface area contributed by atoms with Gasteiger partial charge in [0.05, 0.1) is 55.9 Å². The largest absolute Gasteiger partial charge is 0.479 e. The zero-order valence-electron chi connectivity index (χ0n) is 78.6. The van der Waals surface area contributed by atoms with Gasteiger partial charge in [0.25, 0.3) is 35.4 Å². The van der Waals surface area contributed by atoms with Crippen molar-refractivity contribution in [1.29, 1.82) is 0 Å². The molecule has 15 N–H and O–H groups in total. The summed E-state index contributed by atoms with van der Waals surface area (Å²) in [6.45, 7) is 18.3. The molecule has 0 unspecified atom stereocenters. The standard InChI is InChI=1S/C34H48N2O15.C30H40N2O13.C29H38N2O12/c1-34(2,3)33(45)49-20-22-19-21(6-7-23(22)50-32-29(42)27(40)28(41)30(51-32)31(43)44)5-4-13-46-15-17-48-18-16-47-14-11-35-24(37)10-12-36-25(38)8-9-26(36)39;1-30(2,3)29(41)43-16-18-15-17(6-7-19(18)44-28-25(38)23(36)24(37)26(45-28)27(39)40)5-4-13-42-14-11-31-20(33)10-12-32-21(34)8-9-22(32)35;1-29(2,3)28(40)41-15-17-14-16(6-4-5-12-30-19(32)11-13-31-20(33)9-10-21(31)34)7-8-18(17)42-27-24(37)22(35)23(36)25(43-27)26(38)39/h6-9,19,27-30,32,40-42H,4-5,10-18,20H2,1-3H3,(H,35,37)(H,43,44);6-9,15,23-26,28,36-38H,4-5,10-14,16H2,1-3H3,(H,31,33)(H,39,40);7-10,14,22-25,27,35-37H,4-6,11-13,15H2,1-3H3,(H,30,32)(H,38,39)/t27-,28-,29+,30-,32+;23-,24-,25+,26-,28+;22-,23-,24+,25-,27+/m000/s1. The number of carbonyl (C=O) groups is 15. The number of hydrogen-bond acceptors (Lipinski definition) is 37. The molecular weight excluding hydrogens is 1840 g/mol. The van der Waals surface area contributed by atoms with Crippen molar-refractivity contribution >= 4 is 89.0 Å². The number of imide groups is 3. The maximum absolute atomic E-state index is 12.4. The van der Waals surface area contributed by atoms with Gasteiger partial charge in [0.2, 0.25) is 36.6 Å². The molecule has 9 rings (SSSR count). The van der Waals surface area contributed by atoms with Gasteiger partial charge in [0, 0.05) is 125 Å². The quantitative estimate of drug-likeness (QED) is 0.0135. The molecule has 6 aliphatic rings. The van der Waals surface area contributed by atoms with E-state index < -0.39 is 180 Å². The van der Waals surface area contributed by atoms with E-state index in [0.717, 1.165) is 55.7 Å². The average molecular weight is 1970 g/mol. The first-order chi connectivity index (χ1) is 65.6. The second-order valence-electron chi connectivity index (χ2n) is 35.8. The fraction of sp³-hybridized carbons (Fsp3) is 0.581. The SMILES string of the molecule is CC(C)(C)C(=O)OCc1cc(CCCCNC(=O)CCN2C(=O)C=CC2=O)ccc1O[C@@H]1O[C@H](C(=O)O)[C@@H](O)[C@H](O)[C@H]1O.CC(C)(C)C(=O)OCc1cc(CCCOCCNC(=O)CCN2C(=O)C=CC2=O)ccc1O[C@@H]1O[C@H](C(=O)O)[C@@H](O)[C@H](O)[C@H]1O.CC(C)(C)C(=O)OCc1cc(CCCOCCOCCOCCNC(=O)CCN2C(=O)C=CC2=O)ccc1O[C@@H]1O[C@H](C(=O)O)[C@@H](O)[C@H](O)[C@H]1O. The number of aryl methyl sites for hydroxylation is 3. The van der Waals surface area contributed by atoms with Crippen molar-refractivity contribution in [2.24, 2.45) is 16.2 Å². The summed E-state index contributed by atoms with van der Waals surface area (Å²) in [7, 11) is 0. The van der Waals surface area contributed by atoms with Gasteiger partial charge in [-0.15, -0.1) is 0 Å². The number of amides is 9. The van der Waals surface area contributed by atoms with Crippen LogP contribution in [0, 0.1) is 16.2 Å². The number of nitrogens with zero attached hydrogens (tertiary/aromatic N) is 3. The average Bonchev–Trinajstić information content (AvgIpc) is 1.63. The van der Waals surface area contributed by atoms with Crippen molar-refractivity contribution in [3.63, 3.8) is 0 Å². The van der Waals surface area contributed by atoms with Crippen LogP contribution in [0.4, 0.5) is 0 Å². The summed E-state index contributed by atoms with van der Waals surface area (Å²) in [5, 5.41) is 127. The van der Waals surface area contributed by atoms with Crippen LogP contribution in [0.3, 0.4) is 0 Å². The number of rotatable bonds is 49. The molecule has 0 spiro atoms. The van der Waals surface area contributed by atoms with Crippen molar-refractivity contribution in [2.75, 3.05) is 92.1 Å². The minimum Gasteiger partial charge on any atom is -0.479 e. The fourth-order valence-corrected chi connectivity index (χ4v) is 13.4. The number of esters is 3. The van der Waals surface area contributed by atoms with E-state index in [4.69, 9.17) is 61.6 Å². The zero-order valence-corrected chi connectivity index (χ0v) is 78.6. The molecule has 3 saturated heterocycles. The highest BCUT2D eigenvalue weighted by Crippen LogP contribution is 2.35. The lowest BCUT2D eigenvalue weighted by Crippen LogP contribution is -2.61. The highest BCUT2D eigenvalue weighted by atomic mass is 16.7. The lowest BCUT2D eigenvalue weighted by molar-refractivity contribution is -0.271. The van der Waals surface area contributed by atoms with E-state index in [9.17, 15) is 133 Å². The molecule has 6 heterocycles. The lowest BCUT2D eigenvalue weighted by atomic mass is 9.97. The molecule has 15 atom stereocenters. The van der Waals surface area contributed by atoms with Gasteiger partial charge in [-0.1, -0.05) is 18.2 Å². The molecule has 0 bridgehead atoms. The van der Waals surface area contributed by atoms with Gasteiger partial charge in [-0.05, 0) is 160 Å². The van der Waals surface area contributed by atoms with E-state index >= 15 is 0 Å². The maximum atomic E-state index is 12.4. The van der Waals surface area contributed by atoms with Gasteiger partial charge in [0.1, 0.15) is 92.0 Å². The number of carboxylic acids is 3. The number of aliphatic hydroxyl groups is 9. The molecule has 46 nitrogen and oxygen atoms in total. The summed E-state index contributed by atoms with van der Waals surface area (Å²) in [5.74, 6) is -9.23. The molecule has 0 radical (unpaired) electrons. The number of carboxylic acid groups (broad SMARTS) is 3. The van der Waals surface area contributed by atoms with Crippen molar-refractivity contribution in [1.82, 2.24) is 30.7 Å². The van der Waals surface area contributed by atoms with E-state index in [-0.39, 0.29) is 120 Å². The van der Waals surface area contributed by atoms with Gasteiger partial charge >= 0.3 is 35.8 Å². The molecule has 46 heteroatoms. The molecule has 3 aromatic carbocycles. The van der Waals surface area contributed by atoms with Crippen LogP contribution in [-0.2, 0) is 158 Å². The van der Waals surface area contributed by atoms with Crippen LogP contribution in [0.2, 0.25) is 0 Å². The summed E-state index contributed by atoms with van der Waals surface area (Å²) < 4.78 is 71.3. The smallest absolute Gasteiger partial charge is 0.335 e. The minimum atomic E-state index is -1.87. The van der Waals surface area contributed by atoms with Crippen molar-refractivity contribution in [3.8, 4) is 17.2 Å². The first-order valence-corrected chi connectivity index (χ1v) is 44.9. The first kappa shape index (κ1) is 114. The summed E-state index contributed by atoms with van der Waals surface area (Å²) in [4.78, 5) is 180. The van der Waals surface area contributed by atoms with Crippen LogP contribution >= 0.6 is 0 Å². The predicted molar refractivity (Wildman–Crippen MR) is 475 cm³/mol. The number of carbonyl (C=O) groups excluding carboxylic acids is 12. The highest BCUT2D eigenvalue weighted by molar-refractivity contribution is 6.14. The van der Waals surface area contributed by atoms with Gasteiger partial charge in [0.15, 0.2) is 18.3 Å². The van der Waals surface area contributed by atoms with Crippen LogP contribution in [0.25, 0.3) is 0 Å². The second-order valence-corrected chi connectivity index (χ2v) is 35.8. The Bertz CT molecular complexity index is 4770. The summed E-state index contributed by atoms with van der Waals surface area (Å²) in [5.41, 5.74) is 1.39. The number of nitrogens with one attached hydrogen (secondary N) is 3. The van der Waals surface area contributed by atoms with E-state index in [1.165, 1.54) is 24.3 Å². The van der Waals surface area contributed by atoms with Crippen LogP contribution in [0.1, 0.15) is 141 Å². The Hall–Kier alpha value is -11.7. The molecule has 6 aliphatic heterocycles. The maximum Gasteiger partial charge on any atom is 0.335 e. The Morgan fingerprint density at radius 3 is 0.849 bits per heavy atom. The molecule has 0 aliphatic carbocycles. The molecule has 0 aromatic heterocycles. The summed E-state index contributed by atoms with van der Waals surface area (Å²) >= 11 is 0. The van der Waals surface area contributed by atoms with Crippen LogP contribution < -0.4 is 30.2 Å². The minimum absolute atomic E-state index is 0.000125. The number of benzene rings is 3. The van der Waals surface area contributed by atoms with Gasteiger partial charge in [-0.2, -0.15) is 0 Å². The molecule has 0 saturated carbocycles. The normalized spacial score (nSPS) is 22.9. The molecule has 9 amide bonds. The number of unbranched alkanes of at least 4 members (excludes halogenated alkanes) is 1. The van der Waals surface area contributed by atoms with E-state index in [2.05, 4.69) is 16.0 Å². The number of ether oxygens (including phenoxy) is 13. The first-order valence-electron chi connectivity index (χ1n) is 44.9. The van der Waals surface area contributed by atoms with Crippen molar-refractivity contribution in [3.05, 3.63) is 124 Å². The number of aliphatic carboxylic acids is 3. The zero-order chi connectivity index (χ0) is 103. The highest BCUT2D eigenvalue weighted by Gasteiger charge is 2.51. The van der Waals surface area contributed by atoms with Crippen LogP contribution in [0.15, 0.2) is 91.1 Å². The van der Waals surface area contributed by atoms with E-state index in [1.807, 2.05) is 0 Å². The van der Waals surface area contributed by atoms with Gasteiger partial charge in [-0.25, -0.2) is 14.4 Å². The number of aliphatic hydroxyl groups excluding tert-OH is 9. The van der Waals surface area contributed by atoms with Crippen LogP contribution in [-0.4, -0.2) is 349 Å². The van der Waals surface area contributed by atoms with Crippen LogP contribution in [0.5, 0.6) is 17.2 Å². The Morgan fingerprint density at radius 1 is 0.324 bits per heavy atom. The third kappa shape index (κ3) is 36.2. The van der Waals surface area contributed by atoms with E-state index in [0.29, 0.717) is 108 Å². The molecule has 3 aromatic rings. The third-order valence-corrected chi connectivity index (χ3v) is 21.4. The molecule has 768 valence electrons. The Balaban J connectivity index is 0.000000285. The van der Waals surface area contributed by atoms with E-state index in [1.54, 1.807) is 105 Å². The summed E-state index contributed by atoms with van der Waals surface area (Å²) in [6, 6.07) is 15.0. The third-order valence-electron chi connectivity index (χ3n) is 21.4. The Kier molecular flexibility index (Phi) is 45.0. The lowest BCUT2D eigenvalue weighted by Gasteiger charge is -2.38. The monoisotopic (exact) mass is 1970 g/mol. The topological polar surface area (TPSA) is 665 Å². The number of hydrogen-bond donors (Lipinski definition) is 15. The molecule has 3 fully saturated rings.